The SMILES string of the molecule is CC1(Nc2cc(C#N)ccn2)CCCC1. The molecule has 3 nitrogen and oxygen atoms in total. The van der Waals surface area contributed by atoms with Crippen LogP contribution in [0.15, 0.2) is 18.3 Å². The molecule has 1 N–H and O–H groups in total. The molecule has 1 aliphatic rings. The van der Waals surface area contributed by atoms with Gasteiger partial charge in [0.25, 0.3) is 0 Å². The minimum Gasteiger partial charge on any atom is -0.365 e. The molecule has 1 fully saturated rings. The number of nitrogens with one attached hydrogen (secondary N) is 1. The fraction of sp³-hybridized carbons (Fsp3) is 0.500. The smallest absolute Gasteiger partial charge is 0.127 e. The third-order valence-corrected chi connectivity index (χ3v) is 3.03. The molecule has 3 heteroatoms. The maximum Gasteiger partial charge on any atom is 0.127 e. The number of hydrogen-bond donors (Lipinski definition) is 1. The summed E-state index contributed by atoms with van der Waals surface area (Å²) in [6.07, 6.45) is 6.61. The van der Waals surface area contributed by atoms with E-state index in [2.05, 4.69) is 23.3 Å². The summed E-state index contributed by atoms with van der Waals surface area (Å²) in [7, 11) is 0. The molecule has 1 saturated carbocycles. The molecule has 15 heavy (non-hydrogen) atoms. The van der Waals surface area contributed by atoms with E-state index in [0.717, 1.165) is 5.82 Å². The van der Waals surface area contributed by atoms with Gasteiger partial charge >= 0.3 is 0 Å². The third-order valence-electron chi connectivity index (χ3n) is 3.03. The average Bonchev–Trinajstić information content (AvgIpc) is 2.65. The predicted molar refractivity (Wildman–Crippen MR) is 59.4 cm³/mol. The number of hydrogen-bond acceptors (Lipinski definition) is 3. The van der Waals surface area contributed by atoms with Gasteiger partial charge in [0.15, 0.2) is 0 Å². The normalized spacial score (nSPS) is 18.4. The summed E-state index contributed by atoms with van der Waals surface area (Å²) < 4.78 is 0. The molecule has 78 valence electrons. The molecular formula is C12H15N3. The number of aromatic nitrogens is 1. The van der Waals surface area contributed by atoms with Crippen LogP contribution in [-0.4, -0.2) is 10.5 Å². The molecule has 0 amide bonds. The number of pyridine rings is 1. The zero-order chi connectivity index (χ0) is 10.7. The molecule has 0 aromatic carbocycles. The summed E-state index contributed by atoms with van der Waals surface area (Å²) in [5.74, 6) is 0.818. The monoisotopic (exact) mass is 201 g/mol. The van der Waals surface area contributed by atoms with Gasteiger partial charge in [-0.2, -0.15) is 5.26 Å². The van der Waals surface area contributed by atoms with Gasteiger partial charge in [-0.15, -0.1) is 0 Å². The van der Waals surface area contributed by atoms with Crippen molar-refractivity contribution in [2.24, 2.45) is 0 Å². The zero-order valence-corrected chi connectivity index (χ0v) is 8.95. The van der Waals surface area contributed by atoms with Crippen molar-refractivity contribution in [2.75, 3.05) is 5.32 Å². The van der Waals surface area contributed by atoms with Gasteiger partial charge in [0.1, 0.15) is 5.82 Å². The fourth-order valence-corrected chi connectivity index (χ4v) is 2.16. The molecule has 0 aliphatic heterocycles. The molecule has 1 aromatic rings. The number of anilines is 1. The summed E-state index contributed by atoms with van der Waals surface area (Å²) in [5, 5.41) is 12.2. The lowest BCUT2D eigenvalue weighted by molar-refractivity contribution is 0.531. The number of nitriles is 1. The average molecular weight is 201 g/mol. The maximum atomic E-state index is 8.78. The van der Waals surface area contributed by atoms with Gasteiger partial charge < -0.3 is 5.32 Å². The third kappa shape index (κ3) is 2.27. The van der Waals surface area contributed by atoms with E-state index in [1.165, 1.54) is 25.7 Å². The highest BCUT2D eigenvalue weighted by molar-refractivity contribution is 5.44. The van der Waals surface area contributed by atoms with Crippen molar-refractivity contribution in [3.05, 3.63) is 23.9 Å². The van der Waals surface area contributed by atoms with E-state index >= 15 is 0 Å². The Bertz CT molecular complexity index is 386. The van der Waals surface area contributed by atoms with Crippen LogP contribution < -0.4 is 5.32 Å². The van der Waals surface area contributed by atoms with Crippen LogP contribution in [0, 0.1) is 11.3 Å². The Morgan fingerprint density at radius 1 is 1.47 bits per heavy atom. The molecular weight excluding hydrogens is 186 g/mol. The molecule has 2 rings (SSSR count). The largest absolute Gasteiger partial charge is 0.365 e. The Kier molecular flexibility index (Phi) is 2.59. The first-order chi connectivity index (χ1) is 7.22. The second-order valence-corrected chi connectivity index (χ2v) is 4.43. The van der Waals surface area contributed by atoms with Crippen LogP contribution in [0.3, 0.4) is 0 Å². The topological polar surface area (TPSA) is 48.7 Å². The van der Waals surface area contributed by atoms with Crippen molar-refractivity contribution in [1.82, 2.24) is 4.98 Å². The van der Waals surface area contributed by atoms with Crippen LogP contribution in [0.4, 0.5) is 5.82 Å². The Hall–Kier alpha value is -1.56. The number of rotatable bonds is 2. The quantitative estimate of drug-likeness (QED) is 0.800. The molecule has 0 atom stereocenters. The van der Waals surface area contributed by atoms with Crippen molar-refractivity contribution >= 4 is 5.82 Å². The summed E-state index contributed by atoms with van der Waals surface area (Å²) >= 11 is 0. The summed E-state index contributed by atoms with van der Waals surface area (Å²) in [6, 6.07) is 5.66. The van der Waals surface area contributed by atoms with E-state index in [9.17, 15) is 0 Å². The lowest BCUT2D eigenvalue weighted by Crippen LogP contribution is -2.31. The van der Waals surface area contributed by atoms with Gasteiger partial charge in [0, 0.05) is 11.7 Å². The van der Waals surface area contributed by atoms with Crippen molar-refractivity contribution in [3.8, 4) is 6.07 Å². The van der Waals surface area contributed by atoms with E-state index in [1.54, 1.807) is 12.3 Å². The fourth-order valence-electron chi connectivity index (χ4n) is 2.16. The zero-order valence-electron chi connectivity index (χ0n) is 8.95. The van der Waals surface area contributed by atoms with E-state index in [4.69, 9.17) is 5.26 Å². The molecule has 0 unspecified atom stereocenters. The minimum absolute atomic E-state index is 0.168. The van der Waals surface area contributed by atoms with Gasteiger partial charge in [-0.3, -0.25) is 0 Å². The van der Waals surface area contributed by atoms with Crippen LogP contribution in [0.25, 0.3) is 0 Å². The van der Waals surface area contributed by atoms with Gasteiger partial charge in [0.2, 0.25) is 0 Å². The van der Waals surface area contributed by atoms with E-state index < -0.39 is 0 Å². The summed E-state index contributed by atoms with van der Waals surface area (Å²) in [5.41, 5.74) is 0.829. The first-order valence-corrected chi connectivity index (χ1v) is 5.36. The Morgan fingerprint density at radius 3 is 2.87 bits per heavy atom. The summed E-state index contributed by atoms with van der Waals surface area (Å²) in [4.78, 5) is 4.23. The van der Waals surface area contributed by atoms with Crippen LogP contribution in [0.5, 0.6) is 0 Å². The first kappa shape index (κ1) is 9.97. The van der Waals surface area contributed by atoms with E-state index in [-0.39, 0.29) is 5.54 Å². The molecule has 1 aromatic heterocycles. The molecule has 0 bridgehead atoms. The first-order valence-electron chi connectivity index (χ1n) is 5.36. The maximum absolute atomic E-state index is 8.78. The van der Waals surface area contributed by atoms with Crippen molar-refractivity contribution in [3.63, 3.8) is 0 Å². The van der Waals surface area contributed by atoms with Gasteiger partial charge in [-0.25, -0.2) is 4.98 Å². The molecule has 0 radical (unpaired) electrons. The Balaban J connectivity index is 2.13. The molecule has 1 aliphatic carbocycles. The van der Waals surface area contributed by atoms with Crippen molar-refractivity contribution in [1.29, 1.82) is 5.26 Å². The van der Waals surface area contributed by atoms with Gasteiger partial charge in [0.05, 0.1) is 11.6 Å². The lowest BCUT2D eigenvalue weighted by atomic mass is 10.0. The van der Waals surface area contributed by atoms with E-state index in [0.29, 0.717) is 5.56 Å². The lowest BCUT2D eigenvalue weighted by Gasteiger charge is -2.25. The molecule has 1 heterocycles. The second-order valence-electron chi connectivity index (χ2n) is 4.43. The van der Waals surface area contributed by atoms with Crippen molar-refractivity contribution in [2.45, 2.75) is 38.1 Å². The summed E-state index contributed by atoms with van der Waals surface area (Å²) in [6.45, 7) is 2.22. The molecule has 0 saturated heterocycles. The standard InChI is InChI=1S/C12H15N3/c1-12(5-2-3-6-12)15-11-8-10(9-13)4-7-14-11/h4,7-8H,2-3,5-6H2,1H3,(H,14,15). The van der Waals surface area contributed by atoms with E-state index in [1.807, 2.05) is 6.07 Å². The predicted octanol–water partition coefficient (Wildman–Crippen LogP) is 2.70. The van der Waals surface area contributed by atoms with Gasteiger partial charge in [-0.1, -0.05) is 12.8 Å². The molecule has 0 spiro atoms. The highest BCUT2D eigenvalue weighted by Gasteiger charge is 2.28. The Labute approximate surface area is 90.1 Å². The van der Waals surface area contributed by atoms with Gasteiger partial charge in [-0.05, 0) is 31.9 Å². The van der Waals surface area contributed by atoms with Crippen LogP contribution in [0.1, 0.15) is 38.2 Å². The highest BCUT2D eigenvalue weighted by Crippen LogP contribution is 2.31. The van der Waals surface area contributed by atoms with Crippen molar-refractivity contribution < 1.29 is 0 Å². The van der Waals surface area contributed by atoms with Crippen LogP contribution in [-0.2, 0) is 0 Å². The van der Waals surface area contributed by atoms with Crippen LogP contribution in [0.2, 0.25) is 0 Å². The Morgan fingerprint density at radius 2 is 2.20 bits per heavy atom. The second kappa shape index (κ2) is 3.90. The van der Waals surface area contributed by atoms with Crippen LogP contribution >= 0.6 is 0 Å². The minimum atomic E-state index is 0.168. The number of nitrogens with zero attached hydrogens (tertiary/aromatic N) is 2. The highest BCUT2D eigenvalue weighted by atomic mass is 15.0.